The Balaban J connectivity index is 1.65. The Labute approximate surface area is 112 Å². The van der Waals surface area contributed by atoms with Crippen molar-refractivity contribution in [1.82, 2.24) is 5.32 Å². The largest absolute Gasteiger partial charge is 0.386 e. The lowest BCUT2D eigenvalue weighted by molar-refractivity contribution is -0.0273. The molecule has 0 spiro atoms. The van der Waals surface area contributed by atoms with Crippen LogP contribution < -0.4 is 5.32 Å². The number of benzene rings is 1. The van der Waals surface area contributed by atoms with Gasteiger partial charge in [0.1, 0.15) is 5.60 Å². The van der Waals surface area contributed by atoms with E-state index in [2.05, 4.69) is 29.6 Å². The molecule has 2 aliphatic rings. The van der Waals surface area contributed by atoms with E-state index in [1.54, 1.807) is 0 Å². The van der Waals surface area contributed by atoms with Crippen LogP contribution in [-0.4, -0.2) is 35.7 Å². The molecule has 18 heavy (non-hydrogen) atoms. The third-order valence-electron chi connectivity index (χ3n) is 4.01. The van der Waals surface area contributed by atoms with Gasteiger partial charge in [0.2, 0.25) is 0 Å². The van der Waals surface area contributed by atoms with Gasteiger partial charge in [-0.25, -0.2) is 0 Å². The number of rotatable bonds is 3. The zero-order chi connectivity index (χ0) is 12.6. The second-order valence-corrected chi connectivity index (χ2v) is 6.21. The molecule has 1 saturated heterocycles. The van der Waals surface area contributed by atoms with E-state index >= 15 is 0 Å². The average Bonchev–Trinajstić information content (AvgIpc) is 2.93. The minimum atomic E-state index is -0.706. The standard InChI is InChI=1S/C14H19NO2S/c1-10-14(16,6-7-17-10)9-15-12-8-18-13-5-3-2-4-11(12)13/h2-5,10,12,15-16H,6-9H2,1H3. The maximum Gasteiger partial charge on any atom is 0.105 e. The lowest BCUT2D eigenvalue weighted by Crippen LogP contribution is -2.46. The summed E-state index contributed by atoms with van der Waals surface area (Å²) in [6, 6.07) is 8.84. The van der Waals surface area contributed by atoms with Crippen molar-refractivity contribution in [2.24, 2.45) is 0 Å². The minimum absolute atomic E-state index is 0.0747. The molecule has 1 aromatic carbocycles. The molecule has 0 saturated carbocycles. The first-order chi connectivity index (χ1) is 8.69. The summed E-state index contributed by atoms with van der Waals surface area (Å²) >= 11 is 1.88. The fourth-order valence-electron chi connectivity index (χ4n) is 2.63. The molecule has 2 N–H and O–H groups in total. The summed E-state index contributed by atoms with van der Waals surface area (Å²) in [5.41, 5.74) is 0.653. The zero-order valence-corrected chi connectivity index (χ0v) is 11.4. The first-order valence-corrected chi connectivity index (χ1v) is 7.47. The van der Waals surface area contributed by atoms with Crippen molar-refractivity contribution >= 4 is 11.8 Å². The van der Waals surface area contributed by atoms with E-state index in [4.69, 9.17) is 4.74 Å². The molecule has 3 rings (SSSR count). The molecule has 0 radical (unpaired) electrons. The highest BCUT2D eigenvalue weighted by molar-refractivity contribution is 7.99. The van der Waals surface area contributed by atoms with E-state index < -0.39 is 5.60 Å². The van der Waals surface area contributed by atoms with Gasteiger partial charge in [-0.3, -0.25) is 0 Å². The number of hydrogen-bond acceptors (Lipinski definition) is 4. The SMILES string of the molecule is CC1OCCC1(O)CNC1CSc2ccccc21. The fourth-order valence-corrected chi connectivity index (χ4v) is 3.83. The lowest BCUT2D eigenvalue weighted by Gasteiger charge is -2.28. The summed E-state index contributed by atoms with van der Waals surface area (Å²) in [6.45, 7) is 3.22. The first kappa shape index (κ1) is 12.5. The molecule has 1 aromatic rings. The van der Waals surface area contributed by atoms with Crippen molar-refractivity contribution in [1.29, 1.82) is 0 Å². The van der Waals surface area contributed by atoms with Gasteiger partial charge in [0.25, 0.3) is 0 Å². The Morgan fingerprint density at radius 2 is 2.33 bits per heavy atom. The van der Waals surface area contributed by atoms with Crippen molar-refractivity contribution in [3.05, 3.63) is 29.8 Å². The van der Waals surface area contributed by atoms with Gasteiger partial charge in [-0.15, -0.1) is 11.8 Å². The van der Waals surface area contributed by atoms with E-state index in [0.29, 0.717) is 19.2 Å². The van der Waals surface area contributed by atoms with Crippen molar-refractivity contribution in [2.75, 3.05) is 18.9 Å². The van der Waals surface area contributed by atoms with Crippen LogP contribution in [0.1, 0.15) is 24.9 Å². The molecule has 1 fully saturated rings. The number of fused-ring (bicyclic) bond motifs is 1. The number of aliphatic hydroxyl groups is 1. The normalized spacial score (nSPS) is 34.8. The van der Waals surface area contributed by atoms with Gasteiger partial charge >= 0.3 is 0 Å². The Bertz CT molecular complexity index is 440. The van der Waals surface area contributed by atoms with Gasteiger partial charge in [-0.1, -0.05) is 18.2 Å². The molecule has 3 nitrogen and oxygen atoms in total. The highest BCUT2D eigenvalue weighted by atomic mass is 32.2. The topological polar surface area (TPSA) is 41.5 Å². The summed E-state index contributed by atoms with van der Waals surface area (Å²) in [5, 5.41) is 14.0. The minimum Gasteiger partial charge on any atom is -0.386 e. The van der Waals surface area contributed by atoms with Crippen LogP contribution in [0.4, 0.5) is 0 Å². The van der Waals surface area contributed by atoms with Crippen LogP contribution >= 0.6 is 11.8 Å². The molecule has 0 aliphatic carbocycles. The molecule has 2 aliphatic heterocycles. The van der Waals surface area contributed by atoms with Crippen molar-refractivity contribution in [3.8, 4) is 0 Å². The fraction of sp³-hybridized carbons (Fsp3) is 0.571. The number of ether oxygens (including phenoxy) is 1. The van der Waals surface area contributed by atoms with Crippen LogP contribution in [0.5, 0.6) is 0 Å². The summed E-state index contributed by atoms with van der Waals surface area (Å²) in [5.74, 6) is 1.05. The van der Waals surface area contributed by atoms with E-state index in [1.807, 2.05) is 18.7 Å². The Morgan fingerprint density at radius 3 is 3.11 bits per heavy atom. The number of hydrogen-bond donors (Lipinski definition) is 2. The van der Waals surface area contributed by atoms with E-state index in [-0.39, 0.29) is 6.10 Å². The van der Waals surface area contributed by atoms with Crippen molar-refractivity contribution in [3.63, 3.8) is 0 Å². The summed E-state index contributed by atoms with van der Waals surface area (Å²) in [7, 11) is 0. The maximum absolute atomic E-state index is 10.5. The Hall–Kier alpha value is -0.550. The van der Waals surface area contributed by atoms with Crippen molar-refractivity contribution in [2.45, 2.75) is 36.0 Å². The lowest BCUT2D eigenvalue weighted by atomic mass is 9.96. The first-order valence-electron chi connectivity index (χ1n) is 6.48. The van der Waals surface area contributed by atoms with E-state index in [9.17, 15) is 5.11 Å². The Kier molecular flexibility index (Phi) is 3.36. The molecule has 2 heterocycles. The molecular weight excluding hydrogens is 246 g/mol. The van der Waals surface area contributed by atoms with E-state index in [1.165, 1.54) is 10.5 Å². The van der Waals surface area contributed by atoms with Crippen molar-refractivity contribution < 1.29 is 9.84 Å². The maximum atomic E-state index is 10.5. The molecule has 3 unspecified atom stereocenters. The van der Waals surface area contributed by atoms with Crippen LogP contribution in [0.3, 0.4) is 0 Å². The van der Waals surface area contributed by atoms with Gasteiger partial charge in [0.05, 0.1) is 6.10 Å². The van der Waals surface area contributed by atoms with Gasteiger partial charge in [0, 0.05) is 36.3 Å². The second-order valence-electron chi connectivity index (χ2n) is 5.15. The second kappa shape index (κ2) is 4.85. The van der Waals surface area contributed by atoms with Gasteiger partial charge < -0.3 is 15.2 Å². The average molecular weight is 265 g/mol. The van der Waals surface area contributed by atoms with Gasteiger partial charge in [0.15, 0.2) is 0 Å². The molecule has 3 atom stereocenters. The molecule has 4 heteroatoms. The Morgan fingerprint density at radius 1 is 1.50 bits per heavy atom. The van der Waals surface area contributed by atoms with Gasteiger partial charge in [-0.2, -0.15) is 0 Å². The van der Waals surface area contributed by atoms with Crippen LogP contribution in [0.2, 0.25) is 0 Å². The number of thioether (sulfide) groups is 1. The number of nitrogens with one attached hydrogen (secondary N) is 1. The smallest absolute Gasteiger partial charge is 0.105 e. The summed E-state index contributed by atoms with van der Waals surface area (Å²) in [6.07, 6.45) is 0.650. The van der Waals surface area contributed by atoms with Crippen LogP contribution in [0, 0.1) is 0 Å². The predicted octanol–water partition coefficient (Wildman–Crippen LogP) is 1.96. The molecule has 0 aromatic heterocycles. The molecule has 0 bridgehead atoms. The third kappa shape index (κ3) is 2.18. The highest BCUT2D eigenvalue weighted by Gasteiger charge is 2.40. The zero-order valence-electron chi connectivity index (χ0n) is 10.6. The quantitative estimate of drug-likeness (QED) is 0.876. The van der Waals surface area contributed by atoms with Crippen LogP contribution in [0.15, 0.2) is 29.2 Å². The van der Waals surface area contributed by atoms with Gasteiger partial charge in [-0.05, 0) is 18.6 Å². The van der Waals surface area contributed by atoms with E-state index in [0.717, 1.165) is 12.2 Å². The third-order valence-corrected chi connectivity index (χ3v) is 5.20. The molecule has 0 amide bonds. The molecule has 98 valence electrons. The predicted molar refractivity (Wildman–Crippen MR) is 72.9 cm³/mol. The van der Waals surface area contributed by atoms with Crippen LogP contribution in [0.25, 0.3) is 0 Å². The monoisotopic (exact) mass is 265 g/mol. The molecular formula is C14H19NO2S. The highest BCUT2D eigenvalue weighted by Crippen LogP contribution is 2.38. The summed E-state index contributed by atoms with van der Waals surface area (Å²) < 4.78 is 5.46. The summed E-state index contributed by atoms with van der Waals surface area (Å²) in [4.78, 5) is 1.36. The van der Waals surface area contributed by atoms with Crippen LogP contribution in [-0.2, 0) is 4.74 Å².